The highest BCUT2D eigenvalue weighted by Gasteiger charge is 2.53. The largest absolute Gasteiger partial charge is 0.496 e. The van der Waals surface area contributed by atoms with Gasteiger partial charge in [-0.1, -0.05) is 18.2 Å². The van der Waals surface area contributed by atoms with E-state index in [1.807, 2.05) is 0 Å². The van der Waals surface area contributed by atoms with Crippen LogP contribution in [0.3, 0.4) is 0 Å². The maximum atomic E-state index is 11.8. The van der Waals surface area contributed by atoms with Crippen molar-refractivity contribution < 1.29 is 39.1 Å². The van der Waals surface area contributed by atoms with Gasteiger partial charge in [0.25, 0.3) is 5.78 Å². The summed E-state index contributed by atoms with van der Waals surface area (Å²) in [6, 6.07) is 6.99. The van der Waals surface area contributed by atoms with Crippen LogP contribution in [0.1, 0.15) is 11.9 Å². The number of carbonyl (C=O) groups excluding carboxylic acids is 2. The highest BCUT2D eigenvalue weighted by molar-refractivity contribution is 6.37. The maximum absolute atomic E-state index is 11.8. The topological polar surface area (TPSA) is 123 Å². The molecule has 2 fully saturated rings. The number of Topliss-reactive ketones (excluding diaryl/α,β-unsaturated/α-hetero) is 1. The van der Waals surface area contributed by atoms with Crippen LogP contribution in [0.25, 0.3) is 0 Å². The Balaban J connectivity index is 0.00000176. The molecule has 0 radical (unpaired) electrons. The predicted molar refractivity (Wildman–Crippen MR) is 71.1 cm³/mol. The van der Waals surface area contributed by atoms with Crippen molar-refractivity contribution in [1.82, 2.24) is 0 Å². The van der Waals surface area contributed by atoms with Gasteiger partial charge in [-0.3, -0.25) is 4.79 Å². The lowest BCUT2D eigenvalue weighted by molar-refractivity contribution is -0.277. The van der Waals surface area contributed by atoms with Gasteiger partial charge in [0, 0.05) is 5.56 Å². The Kier molecular flexibility index (Phi) is 4.77. The van der Waals surface area contributed by atoms with E-state index < -0.39 is 43.0 Å². The van der Waals surface area contributed by atoms with E-state index in [2.05, 4.69) is 0 Å². The van der Waals surface area contributed by atoms with Crippen LogP contribution in [-0.2, 0) is 23.8 Å². The van der Waals surface area contributed by atoms with Crippen molar-refractivity contribution >= 4 is 11.8 Å². The lowest BCUT2D eigenvalue weighted by Crippen LogP contribution is -2.48. The predicted octanol–water partition coefficient (Wildman–Crippen LogP) is -0.860. The number of aliphatic hydroxyl groups is 1. The molecule has 22 heavy (non-hydrogen) atoms. The van der Waals surface area contributed by atoms with Crippen LogP contribution in [0, 0.1) is 0 Å². The summed E-state index contributed by atoms with van der Waals surface area (Å²) in [7, 11) is 1.50. The summed E-state index contributed by atoms with van der Waals surface area (Å²) in [6.07, 6.45) is -3.73. The van der Waals surface area contributed by atoms with Gasteiger partial charge in [-0.2, -0.15) is 0 Å². The van der Waals surface area contributed by atoms with Gasteiger partial charge in [-0.05, 0) is 6.07 Å². The lowest BCUT2D eigenvalue weighted by atomic mass is 10.0. The number of aliphatic hydroxyl groups excluding tert-OH is 1. The molecule has 0 saturated carbocycles. The molecule has 3 N–H and O–H groups in total. The molecule has 2 saturated heterocycles. The van der Waals surface area contributed by atoms with Gasteiger partial charge in [0.05, 0.1) is 13.7 Å². The van der Waals surface area contributed by atoms with Gasteiger partial charge in [0.1, 0.15) is 11.9 Å². The molecule has 2 heterocycles. The monoisotopic (exact) mass is 312 g/mol. The van der Waals surface area contributed by atoms with E-state index in [4.69, 9.17) is 18.9 Å². The molecule has 0 spiro atoms. The van der Waals surface area contributed by atoms with Gasteiger partial charge in [0.2, 0.25) is 0 Å². The second-order valence-electron chi connectivity index (χ2n) is 4.72. The average Bonchev–Trinajstić information content (AvgIpc) is 2.81. The Hall–Kier alpha value is -2.00. The number of para-hydroxylation sites is 1. The summed E-state index contributed by atoms with van der Waals surface area (Å²) in [4.78, 5) is 23.1. The summed E-state index contributed by atoms with van der Waals surface area (Å²) >= 11 is 0. The van der Waals surface area contributed by atoms with E-state index in [1.165, 1.54) is 7.11 Å². The third kappa shape index (κ3) is 2.57. The van der Waals surface area contributed by atoms with Crippen molar-refractivity contribution in [2.24, 2.45) is 0 Å². The number of fused-ring (bicyclic) bond motifs is 1. The standard InChI is InChI=1S/C14H14O7.H2O/c1-18-8-5-3-2-4-7(8)14-19-9(6-15)11-12(21-14)10(16)13(17)20-11;/h2-5,9,11-12,14-15H,6H2,1H3;1H2/t9-,11+,12+,14?;/m0./s1. The van der Waals surface area contributed by atoms with Crippen molar-refractivity contribution in [2.45, 2.75) is 24.6 Å². The molecule has 0 aliphatic carbocycles. The fourth-order valence-electron chi connectivity index (χ4n) is 2.48. The first kappa shape index (κ1) is 16.4. The van der Waals surface area contributed by atoms with Gasteiger partial charge >= 0.3 is 5.97 Å². The molecule has 3 rings (SSSR count). The summed E-state index contributed by atoms with van der Waals surface area (Å²) in [6.45, 7) is -0.392. The first-order chi connectivity index (χ1) is 10.2. The molecule has 4 atom stereocenters. The maximum Gasteiger partial charge on any atom is 0.378 e. The second kappa shape index (κ2) is 6.41. The van der Waals surface area contributed by atoms with E-state index in [-0.39, 0.29) is 5.48 Å². The Bertz CT molecular complexity index is 572. The Morgan fingerprint density at radius 1 is 1.23 bits per heavy atom. The molecule has 0 amide bonds. The number of methoxy groups -OCH3 is 1. The first-order valence-corrected chi connectivity index (χ1v) is 6.45. The van der Waals surface area contributed by atoms with Crippen molar-refractivity contribution in [1.29, 1.82) is 0 Å². The zero-order valence-corrected chi connectivity index (χ0v) is 11.7. The number of carbonyl (C=O) groups is 2. The van der Waals surface area contributed by atoms with Gasteiger partial charge in [0.15, 0.2) is 18.5 Å². The molecule has 1 unspecified atom stereocenters. The Morgan fingerprint density at radius 2 is 1.95 bits per heavy atom. The summed E-state index contributed by atoms with van der Waals surface area (Å²) in [5.41, 5.74) is 0.573. The van der Waals surface area contributed by atoms with Crippen LogP contribution in [0.2, 0.25) is 0 Å². The van der Waals surface area contributed by atoms with Crippen molar-refractivity contribution in [3.05, 3.63) is 29.8 Å². The first-order valence-electron chi connectivity index (χ1n) is 6.45. The zero-order chi connectivity index (χ0) is 15.0. The van der Waals surface area contributed by atoms with E-state index in [9.17, 15) is 14.7 Å². The van der Waals surface area contributed by atoms with Crippen LogP contribution in [-0.4, -0.2) is 54.4 Å². The fraction of sp³-hybridized carbons (Fsp3) is 0.429. The second-order valence-corrected chi connectivity index (χ2v) is 4.72. The minimum atomic E-state index is -1.07. The zero-order valence-electron chi connectivity index (χ0n) is 11.7. The molecule has 8 heteroatoms. The third-order valence-electron chi connectivity index (χ3n) is 3.51. The number of benzene rings is 1. The van der Waals surface area contributed by atoms with Crippen LogP contribution >= 0.6 is 0 Å². The Morgan fingerprint density at radius 3 is 2.64 bits per heavy atom. The minimum Gasteiger partial charge on any atom is -0.496 e. The van der Waals surface area contributed by atoms with E-state index in [1.54, 1.807) is 24.3 Å². The number of hydrogen-bond acceptors (Lipinski definition) is 7. The molecule has 2 aliphatic heterocycles. The number of esters is 1. The van der Waals surface area contributed by atoms with Gasteiger partial charge in [-0.25, -0.2) is 4.79 Å². The number of ether oxygens (including phenoxy) is 4. The normalized spacial score (nSPS) is 30.3. The van der Waals surface area contributed by atoms with Gasteiger partial charge in [-0.15, -0.1) is 0 Å². The molecule has 2 aliphatic rings. The van der Waals surface area contributed by atoms with Crippen LogP contribution in [0.4, 0.5) is 0 Å². The fourth-order valence-corrected chi connectivity index (χ4v) is 2.48. The van der Waals surface area contributed by atoms with Crippen LogP contribution in [0.15, 0.2) is 24.3 Å². The summed E-state index contributed by atoms with van der Waals surface area (Å²) < 4.78 is 21.3. The minimum absolute atomic E-state index is 0. The van der Waals surface area contributed by atoms with Gasteiger partial charge < -0.3 is 29.5 Å². The highest BCUT2D eigenvalue weighted by Crippen LogP contribution is 2.37. The van der Waals surface area contributed by atoms with E-state index in [0.717, 1.165) is 0 Å². The molecule has 1 aromatic carbocycles. The molecule has 8 nitrogen and oxygen atoms in total. The smallest absolute Gasteiger partial charge is 0.378 e. The molecule has 0 bridgehead atoms. The molecule has 120 valence electrons. The molecule has 0 aromatic heterocycles. The van der Waals surface area contributed by atoms with Crippen LogP contribution < -0.4 is 4.74 Å². The summed E-state index contributed by atoms with van der Waals surface area (Å²) in [5, 5.41) is 9.39. The Labute approximate surface area is 125 Å². The van der Waals surface area contributed by atoms with Crippen molar-refractivity contribution in [3.63, 3.8) is 0 Å². The third-order valence-corrected chi connectivity index (χ3v) is 3.51. The highest BCUT2D eigenvalue weighted by atomic mass is 16.7. The molecular weight excluding hydrogens is 296 g/mol. The van der Waals surface area contributed by atoms with Crippen molar-refractivity contribution in [3.8, 4) is 5.75 Å². The molecular formula is C14H16O8. The van der Waals surface area contributed by atoms with Crippen molar-refractivity contribution in [2.75, 3.05) is 13.7 Å². The summed E-state index contributed by atoms with van der Waals surface area (Å²) in [5.74, 6) is -1.20. The van der Waals surface area contributed by atoms with Crippen LogP contribution in [0.5, 0.6) is 5.75 Å². The number of hydrogen-bond donors (Lipinski definition) is 1. The number of ketones is 1. The average molecular weight is 312 g/mol. The van der Waals surface area contributed by atoms with E-state index >= 15 is 0 Å². The number of rotatable bonds is 3. The van der Waals surface area contributed by atoms with E-state index in [0.29, 0.717) is 11.3 Å². The lowest BCUT2D eigenvalue weighted by Gasteiger charge is -2.36. The SMILES string of the molecule is COc1ccccc1C1O[C@@H](CO)[C@H]2OC(=O)C(=O)[C@H]2O1.O. The quantitative estimate of drug-likeness (QED) is 0.569. The molecule has 1 aromatic rings.